The number of aromatic nitrogens is 3. The third kappa shape index (κ3) is 2.80. The molecule has 7 nitrogen and oxygen atoms in total. The Labute approximate surface area is 98.2 Å². The van der Waals surface area contributed by atoms with Crippen molar-refractivity contribution in [2.45, 2.75) is 11.4 Å². The minimum atomic E-state index is -3.58. The van der Waals surface area contributed by atoms with E-state index in [-0.39, 0.29) is 17.3 Å². The second-order valence-corrected chi connectivity index (χ2v) is 5.05. The molecule has 17 heavy (non-hydrogen) atoms. The summed E-state index contributed by atoms with van der Waals surface area (Å²) in [6, 6.07) is 2.83. The van der Waals surface area contributed by atoms with Crippen molar-refractivity contribution in [3.8, 4) is 0 Å². The molecule has 0 aliphatic carbocycles. The highest BCUT2D eigenvalue weighted by Crippen LogP contribution is 2.08. The number of hydrogen-bond donors (Lipinski definition) is 3. The summed E-state index contributed by atoms with van der Waals surface area (Å²) in [5.41, 5.74) is 5.38. The number of nitrogen functional groups attached to an aromatic ring is 1. The number of H-pyrrole nitrogens is 1. The number of nitrogens with two attached hydrogens (primary N) is 1. The molecule has 0 amide bonds. The minimum absolute atomic E-state index is 0.0678. The van der Waals surface area contributed by atoms with Gasteiger partial charge in [-0.15, -0.1) is 0 Å². The van der Waals surface area contributed by atoms with Crippen LogP contribution in [0.1, 0.15) is 5.82 Å². The summed E-state index contributed by atoms with van der Waals surface area (Å²) in [7, 11) is -3.58. The van der Waals surface area contributed by atoms with Crippen LogP contribution in [0.25, 0.3) is 0 Å². The fourth-order valence-electron chi connectivity index (χ4n) is 1.19. The van der Waals surface area contributed by atoms with Crippen molar-refractivity contribution in [3.05, 3.63) is 36.5 Å². The zero-order chi connectivity index (χ0) is 12.3. The van der Waals surface area contributed by atoms with Crippen LogP contribution in [-0.4, -0.2) is 23.4 Å². The summed E-state index contributed by atoms with van der Waals surface area (Å²) in [5.74, 6) is 0.812. The van der Waals surface area contributed by atoms with Crippen molar-refractivity contribution in [1.82, 2.24) is 19.7 Å². The first-order valence-corrected chi connectivity index (χ1v) is 6.26. The van der Waals surface area contributed by atoms with Gasteiger partial charge in [0.2, 0.25) is 10.0 Å². The Hall–Kier alpha value is -1.93. The molecule has 8 heteroatoms. The molecule has 90 valence electrons. The van der Waals surface area contributed by atoms with Gasteiger partial charge in [0, 0.05) is 18.6 Å². The molecular formula is C9H11N5O2S. The van der Waals surface area contributed by atoms with E-state index in [9.17, 15) is 8.42 Å². The minimum Gasteiger partial charge on any atom is -0.384 e. The van der Waals surface area contributed by atoms with E-state index < -0.39 is 10.0 Å². The molecule has 0 aliphatic heterocycles. The van der Waals surface area contributed by atoms with E-state index in [1.165, 1.54) is 18.3 Å². The first-order valence-electron chi connectivity index (χ1n) is 4.77. The van der Waals surface area contributed by atoms with Gasteiger partial charge >= 0.3 is 0 Å². The zero-order valence-corrected chi connectivity index (χ0v) is 9.61. The number of rotatable bonds is 4. The number of pyridine rings is 1. The maximum atomic E-state index is 11.8. The largest absolute Gasteiger partial charge is 0.384 e. The van der Waals surface area contributed by atoms with Crippen LogP contribution >= 0.6 is 0 Å². The van der Waals surface area contributed by atoms with Gasteiger partial charge in [-0.05, 0) is 12.1 Å². The average Bonchev–Trinajstić information content (AvgIpc) is 2.80. The van der Waals surface area contributed by atoms with E-state index in [0.29, 0.717) is 5.82 Å². The topological polar surface area (TPSA) is 114 Å². The first kappa shape index (κ1) is 11.6. The standard InChI is InChI=1S/C9H11N5O2S/c10-8-2-1-7(5-13-8)17(15,16)14-6-9-11-3-4-12-9/h1-5,14H,6H2,(H2,10,13)(H,11,12). The Morgan fingerprint density at radius 3 is 2.76 bits per heavy atom. The van der Waals surface area contributed by atoms with Crippen LogP contribution in [0.4, 0.5) is 5.82 Å². The molecule has 2 aromatic rings. The highest BCUT2D eigenvalue weighted by Gasteiger charge is 2.14. The van der Waals surface area contributed by atoms with Crippen molar-refractivity contribution >= 4 is 15.8 Å². The van der Waals surface area contributed by atoms with E-state index >= 15 is 0 Å². The molecule has 0 saturated carbocycles. The number of hydrogen-bond acceptors (Lipinski definition) is 5. The lowest BCUT2D eigenvalue weighted by Gasteiger charge is -2.04. The first-order chi connectivity index (χ1) is 8.08. The molecule has 0 radical (unpaired) electrons. The Bertz CT molecular complexity index is 576. The number of aromatic amines is 1. The molecule has 2 heterocycles. The summed E-state index contributed by atoms with van der Waals surface area (Å²) >= 11 is 0. The fraction of sp³-hybridized carbons (Fsp3) is 0.111. The van der Waals surface area contributed by atoms with Crippen LogP contribution in [0.2, 0.25) is 0 Å². The lowest BCUT2D eigenvalue weighted by atomic mass is 10.5. The number of imidazole rings is 1. The van der Waals surface area contributed by atoms with Crippen LogP contribution in [0.3, 0.4) is 0 Å². The van der Waals surface area contributed by atoms with Crippen molar-refractivity contribution in [2.75, 3.05) is 5.73 Å². The summed E-state index contributed by atoms with van der Waals surface area (Å²) in [6.45, 7) is 0.0969. The van der Waals surface area contributed by atoms with E-state index in [2.05, 4.69) is 19.7 Å². The van der Waals surface area contributed by atoms with Gasteiger partial charge in [0.1, 0.15) is 16.5 Å². The summed E-state index contributed by atoms with van der Waals surface area (Å²) in [4.78, 5) is 10.5. The molecule has 0 aliphatic rings. The van der Waals surface area contributed by atoms with Gasteiger partial charge in [-0.1, -0.05) is 0 Å². The van der Waals surface area contributed by atoms with Crippen molar-refractivity contribution in [2.24, 2.45) is 0 Å². The number of anilines is 1. The predicted molar refractivity (Wildman–Crippen MR) is 61.3 cm³/mol. The molecule has 0 unspecified atom stereocenters. The number of nitrogens with zero attached hydrogens (tertiary/aromatic N) is 2. The van der Waals surface area contributed by atoms with Gasteiger partial charge in [0.25, 0.3) is 0 Å². The lowest BCUT2D eigenvalue weighted by Crippen LogP contribution is -2.24. The SMILES string of the molecule is Nc1ccc(S(=O)(=O)NCc2ncc[nH]2)cn1. The monoisotopic (exact) mass is 253 g/mol. The Morgan fingerprint density at radius 1 is 1.35 bits per heavy atom. The molecule has 4 N–H and O–H groups in total. The number of nitrogens with one attached hydrogen (secondary N) is 2. The molecule has 0 fully saturated rings. The lowest BCUT2D eigenvalue weighted by molar-refractivity contribution is 0.579. The second kappa shape index (κ2) is 4.52. The fourth-order valence-corrected chi connectivity index (χ4v) is 2.12. The zero-order valence-electron chi connectivity index (χ0n) is 8.79. The molecule has 0 aromatic carbocycles. The quantitative estimate of drug-likeness (QED) is 0.702. The molecule has 0 bridgehead atoms. The third-order valence-electron chi connectivity index (χ3n) is 2.05. The third-order valence-corrected chi connectivity index (χ3v) is 3.44. The van der Waals surface area contributed by atoms with E-state index in [1.807, 2.05) is 0 Å². The second-order valence-electron chi connectivity index (χ2n) is 3.28. The molecule has 2 rings (SSSR count). The van der Waals surface area contributed by atoms with Crippen LogP contribution < -0.4 is 10.5 Å². The molecule has 2 aromatic heterocycles. The number of sulfonamides is 1. The van der Waals surface area contributed by atoms with E-state index in [0.717, 1.165) is 0 Å². The van der Waals surface area contributed by atoms with Gasteiger partial charge in [0.15, 0.2) is 0 Å². The van der Waals surface area contributed by atoms with Crippen LogP contribution in [0.5, 0.6) is 0 Å². The van der Waals surface area contributed by atoms with Gasteiger partial charge in [-0.25, -0.2) is 23.1 Å². The van der Waals surface area contributed by atoms with Gasteiger partial charge in [-0.3, -0.25) is 0 Å². The molecular weight excluding hydrogens is 242 g/mol. The average molecular weight is 253 g/mol. The van der Waals surface area contributed by atoms with Crippen molar-refractivity contribution < 1.29 is 8.42 Å². The predicted octanol–water partition coefficient (Wildman–Crippen LogP) is -0.135. The Morgan fingerprint density at radius 2 is 2.18 bits per heavy atom. The maximum Gasteiger partial charge on any atom is 0.242 e. The van der Waals surface area contributed by atoms with Crippen molar-refractivity contribution in [3.63, 3.8) is 0 Å². The highest BCUT2D eigenvalue weighted by atomic mass is 32.2. The molecule has 0 atom stereocenters. The molecule has 0 saturated heterocycles. The van der Waals surface area contributed by atoms with E-state index in [1.54, 1.807) is 12.4 Å². The summed E-state index contributed by atoms with van der Waals surface area (Å²) < 4.78 is 26.0. The highest BCUT2D eigenvalue weighted by molar-refractivity contribution is 7.89. The smallest absolute Gasteiger partial charge is 0.242 e. The Balaban J connectivity index is 2.11. The van der Waals surface area contributed by atoms with Crippen LogP contribution in [0, 0.1) is 0 Å². The van der Waals surface area contributed by atoms with Crippen LogP contribution in [0.15, 0.2) is 35.6 Å². The van der Waals surface area contributed by atoms with Gasteiger partial charge in [-0.2, -0.15) is 0 Å². The van der Waals surface area contributed by atoms with E-state index in [4.69, 9.17) is 5.73 Å². The van der Waals surface area contributed by atoms with Gasteiger partial charge < -0.3 is 10.7 Å². The van der Waals surface area contributed by atoms with Crippen LogP contribution in [-0.2, 0) is 16.6 Å². The summed E-state index contributed by atoms with van der Waals surface area (Å²) in [5, 5.41) is 0. The molecule has 0 spiro atoms. The van der Waals surface area contributed by atoms with Gasteiger partial charge in [0.05, 0.1) is 6.54 Å². The Kier molecular flexibility index (Phi) is 3.07. The normalized spacial score (nSPS) is 11.5. The maximum absolute atomic E-state index is 11.8. The van der Waals surface area contributed by atoms with Crippen molar-refractivity contribution in [1.29, 1.82) is 0 Å². The summed E-state index contributed by atoms with van der Waals surface area (Å²) in [6.07, 6.45) is 4.38.